The molecule has 1 rings (SSSR count). The van der Waals surface area contributed by atoms with E-state index in [0.717, 1.165) is 0 Å². The number of hydrogen-bond donors (Lipinski definition) is 0. The van der Waals surface area contributed by atoms with Gasteiger partial charge in [-0.1, -0.05) is 27.7 Å². The molecule has 0 aromatic heterocycles. The lowest BCUT2D eigenvalue weighted by atomic mass is 9.97. The predicted molar refractivity (Wildman–Crippen MR) is 82.2 cm³/mol. The zero-order valence-corrected chi connectivity index (χ0v) is 13.9. The van der Waals surface area contributed by atoms with Crippen LogP contribution in [0, 0.1) is 24.5 Å². The first-order chi connectivity index (χ1) is 9.81. The molecule has 0 saturated heterocycles. The minimum Gasteiger partial charge on any atom is -0.491 e. The Hall–Kier alpha value is -1.45. The van der Waals surface area contributed by atoms with Crippen molar-refractivity contribution in [3.63, 3.8) is 0 Å². The van der Waals surface area contributed by atoms with Crippen LogP contribution >= 0.6 is 0 Å². The van der Waals surface area contributed by atoms with Crippen molar-refractivity contribution in [1.29, 1.82) is 0 Å². The van der Waals surface area contributed by atoms with Crippen LogP contribution in [0.2, 0.25) is 0 Å². The lowest BCUT2D eigenvalue weighted by Crippen LogP contribution is -2.03. The van der Waals surface area contributed by atoms with Gasteiger partial charge in [0.25, 0.3) is 0 Å². The van der Waals surface area contributed by atoms with Crippen molar-refractivity contribution < 1.29 is 17.9 Å². The van der Waals surface area contributed by atoms with E-state index in [1.807, 2.05) is 13.8 Å². The van der Waals surface area contributed by atoms with Crippen LogP contribution < -0.4 is 4.74 Å². The Balaban J connectivity index is 0.00000191. The summed E-state index contributed by atoms with van der Waals surface area (Å²) in [4.78, 5) is 0. The highest BCUT2D eigenvalue weighted by atomic mass is 19.2. The van der Waals surface area contributed by atoms with Gasteiger partial charge in [0.15, 0.2) is 11.6 Å². The zero-order valence-electron chi connectivity index (χ0n) is 13.9. The van der Waals surface area contributed by atoms with Gasteiger partial charge in [0.05, 0.1) is 12.2 Å². The summed E-state index contributed by atoms with van der Waals surface area (Å²) in [6.07, 6.45) is 0. The highest BCUT2D eigenvalue weighted by molar-refractivity contribution is 5.67. The molecule has 0 radical (unpaired) electrons. The Morgan fingerprint density at radius 3 is 2.14 bits per heavy atom. The van der Waals surface area contributed by atoms with Crippen LogP contribution in [0.5, 0.6) is 5.75 Å². The molecule has 1 nitrogen and oxygen atoms in total. The van der Waals surface area contributed by atoms with Crippen LogP contribution in [0.15, 0.2) is 11.6 Å². The minimum atomic E-state index is -1.19. The third kappa shape index (κ3) is 4.51. The maximum Gasteiger partial charge on any atom is 0.201 e. The summed E-state index contributed by atoms with van der Waals surface area (Å²) in [7, 11) is 0. The van der Waals surface area contributed by atoms with Gasteiger partial charge in [0.2, 0.25) is 5.82 Å². The number of ether oxygens (including phenoxy) is 1. The van der Waals surface area contributed by atoms with Gasteiger partial charge in [0, 0.05) is 0 Å². The summed E-state index contributed by atoms with van der Waals surface area (Å²) in [5, 5.41) is 0. The van der Waals surface area contributed by atoms with Gasteiger partial charge in [-0.25, -0.2) is 8.78 Å². The van der Waals surface area contributed by atoms with Crippen LogP contribution in [0.1, 0.15) is 52.7 Å². The summed E-state index contributed by atoms with van der Waals surface area (Å²) < 4.78 is 47.0. The fourth-order valence-electron chi connectivity index (χ4n) is 1.70. The fraction of sp³-hybridized carbons (Fsp3) is 0.529. The first-order valence-corrected chi connectivity index (χ1v) is 7.29. The molecule has 21 heavy (non-hydrogen) atoms. The summed E-state index contributed by atoms with van der Waals surface area (Å²) >= 11 is 0. The Bertz CT molecular complexity index is 505. The fourth-order valence-corrected chi connectivity index (χ4v) is 1.70. The van der Waals surface area contributed by atoms with E-state index < -0.39 is 17.5 Å². The van der Waals surface area contributed by atoms with Crippen molar-refractivity contribution in [3.8, 4) is 5.75 Å². The third-order valence-electron chi connectivity index (χ3n) is 3.10. The number of aryl methyl sites for hydroxylation is 1. The van der Waals surface area contributed by atoms with Crippen molar-refractivity contribution in [2.24, 2.45) is 5.92 Å². The first-order valence-electron chi connectivity index (χ1n) is 7.29. The van der Waals surface area contributed by atoms with E-state index >= 15 is 0 Å². The Kier molecular flexibility index (Phi) is 8.15. The van der Waals surface area contributed by atoms with Crippen LogP contribution in [0.4, 0.5) is 13.2 Å². The van der Waals surface area contributed by atoms with Crippen molar-refractivity contribution in [3.05, 3.63) is 34.4 Å². The second kappa shape index (κ2) is 8.75. The topological polar surface area (TPSA) is 9.23 Å². The van der Waals surface area contributed by atoms with Gasteiger partial charge in [-0.3, -0.25) is 0 Å². The number of benzene rings is 1. The van der Waals surface area contributed by atoms with E-state index in [2.05, 4.69) is 0 Å². The van der Waals surface area contributed by atoms with E-state index in [4.69, 9.17) is 4.74 Å². The number of hydrogen-bond acceptors (Lipinski definition) is 1. The van der Waals surface area contributed by atoms with Gasteiger partial charge < -0.3 is 4.74 Å². The van der Waals surface area contributed by atoms with Gasteiger partial charge in [-0.15, -0.1) is 0 Å². The molecular weight excluding hydrogens is 277 g/mol. The summed E-state index contributed by atoms with van der Waals surface area (Å²) in [5.41, 5.74) is 0.401. The van der Waals surface area contributed by atoms with Crippen molar-refractivity contribution in [2.75, 3.05) is 6.61 Å². The average molecular weight is 302 g/mol. The smallest absolute Gasteiger partial charge is 0.201 e. The van der Waals surface area contributed by atoms with Crippen LogP contribution in [0.25, 0.3) is 5.83 Å². The van der Waals surface area contributed by atoms with Crippen molar-refractivity contribution in [1.82, 2.24) is 0 Å². The first kappa shape index (κ1) is 19.6. The highest BCUT2D eigenvalue weighted by Gasteiger charge is 2.22. The highest BCUT2D eigenvalue weighted by Crippen LogP contribution is 2.34. The Morgan fingerprint density at radius 1 is 1.19 bits per heavy atom. The molecule has 0 unspecified atom stereocenters. The number of allylic oxidation sites excluding steroid dienone is 1. The minimum absolute atomic E-state index is 0.0755. The summed E-state index contributed by atoms with van der Waals surface area (Å²) in [5.74, 6) is -3.30. The average Bonchev–Trinajstić information content (AvgIpc) is 2.45. The molecule has 1 aromatic rings. The predicted octanol–water partition coefficient (Wildman–Crippen LogP) is 6.05. The Morgan fingerprint density at radius 2 is 1.71 bits per heavy atom. The normalized spacial score (nSPS) is 11.8. The molecule has 0 aliphatic heterocycles. The van der Waals surface area contributed by atoms with Crippen molar-refractivity contribution >= 4 is 5.83 Å². The molecule has 0 aliphatic rings. The largest absolute Gasteiger partial charge is 0.491 e. The van der Waals surface area contributed by atoms with Crippen molar-refractivity contribution in [2.45, 2.75) is 48.5 Å². The quantitative estimate of drug-likeness (QED) is 0.657. The standard InChI is InChI=1S/C15H19F3O.C2H6/c1-6-19-11-7-9(4)12(15(18)14(11)17)13(16)10(5)8(2)3;1-2/h7-8H,6H2,1-5H3;1-2H3/b13-10-;. The molecule has 0 amide bonds. The van der Waals surface area contributed by atoms with Crippen LogP contribution in [-0.4, -0.2) is 6.61 Å². The third-order valence-corrected chi connectivity index (χ3v) is 3.10. The van der Waals surface area contributed by atoms with Gasteiger partial charge in [0.1, 0.15) is 5.83 Å². The molecule has 0 saturated carbocycles. The maximum absolute atomic E-state index is 14.2. The van der Waals surface area contributed by atoms with Crippen LogP contribution in [0.3, 0.4) is 0 Å². The molecule has 1 aromatic carbocycles. The lowest BCUT2D eigenvalue weighted by molar-refractivity contribution is 0.313. The van der Waals surface area contributed by atoms with Crippen LogP contribution in [-0.2, 0) is 0 Å². The van der Waals surface area contributed by atoms with Gasteiger partial charge in [-0.05, 0) is 43.9 Å². The molecule has 0 N–H and O–H groups in total. The molecule has 120 valence electrons. The molecular formula is C17H25F3O. The number of halogens is 3. The molecule has 0 atom stereocenters. The van der Waals surface area contributed by atoms with E-state index in [0.29, 0.717) is 11.1 Å². The van der Waals surface area contributed by atoms with E-state index in [1.54, 1.807) is 27.7 Å². The van der Waals surface area contributed by atoms with Gasteiger partial charge >= 0.3 is 0 Å². The lowest BCUT2D eigenvalue weighted by Gasteiger charge is -2.14. The van der Waals surface area contributed by atoms with E-state index in [9.17, 15) is 13.2 Å². The molecule has 0 spiro atoms. The van der Waals surface area contributed by atoms with E-state index in [1.165, 1.54) is 13.0 Å². The number of rotatable bonds is 4. The summed E-state index contributed by atoms with van der Waals surface area (Å²) in [6.45, 7) is 12.6. The van der Waals surface area contributed by atoms with Gasteiger partial charge in [-0.2, -0.15) is 4.39 Å². The maximum atomic E-state index is 14.2. The van der Waals surface area contributed by atoms with E-state index in [-0.39, 0.29) is 23.8 Å². The molecule has 0 fully saturated rings. The second-order valence-electron chi connectivity index (χ2n) is 4.78. The molecule has 0 heterocycles. The molecule has 4 heteroatoms. The molecule has 0 bridgehead atoms. The SMILES string of the molecule is CC.CCOc1cc(C)c(/C(F)=C(\C)C(C)C)c(F)c1F. The summed E-state index contributed by atoms with van der Waals surface area (Å²) in [6, 6.07) is 1.32. The Labute approximate surface area is 125 Å². The molecule has 0 aliphatic carbocycles. The monoisotopic (exact) mass is 302 g/mol. The second-order valence-corrected chi connectivity index (χ2v) is 4.78. The zero-order chi connectivity index (χ0) is 16.7.